The molecule has 0 aliphatic heterocycles. The molecular weight excluding hydrogens is 307 g/mol. The molecule has 0 saturated heterocycles. The molecule has 0 spiro atoms. The van der Waals surface area contributed by atoms with Crippen molar-refractivity contribution < 1.29 is 4.79 Å². The predicted octanol–water partition coefficient (Wildman–Crippen LogP) is 1.99. The number of thiocarbonyl (C=S) groups is 1. The van der Waals surface area contributed by atoms with Gasteiger partial charge in [0.2, 0.25) is 0 Å². The highest BCUT2D eigenvalue weighted by atomic mass is 35.5. The van der Waals surface area contributed by atoms with Crippen LogP contribution in [0.25, 0.3) is 0 Å². The molecule has 0 unspecified atom stereocenters. The number of hydrazone groups is 1. The van der Waals surface area contributed by atoms with Gasteiger partial charge in [0, 0.05) is 5.69 Å². The maximum absolute atomic E-state index is 11.3. The zero-order valence-corrected chi connectivity index (χ0v) is 12.3. The second-order valence-corrected chi connectivity index (χ2v) is 5.08. The Kier molecular flexibility index (Phi) is 6.01. The van der Waals surface area contributed by atoms with Crippen LogP contribution in [-0.4, -0.2) is 21.6 Å². The lowest BCUT2D eigenvalue weighted by atomic mass is 10.1. The Bertz CT molecular complexity index is 502. The fourth-order valence-corrected chi connectivity index (χ4v) is 1.35. The summed E-state index contributed by atoms with van der Waals surface area (Å²) in [6.07, 6.45) is 0. The van der Waals surface area contributed by atoms with Gasteiger partial charge in [0.25, 0.3) is 5.91 Å². The van der Waals surface area contributed by atoms with Gasteiger partial charge in [0.05, 0.1) is 5.71 Å². The summed E-state index contributed by atoms with van der Waals surface area (Å²) in [7, 11) is 0. The van der Waals surface area contributed by atoms with Crippen molar-refractivity contribution in [3.05, 3.63) is 29.8 Å². The normalized spacial score (nSPS) is 11.3. The number of benzene rings is 1. The summed E-state index contributed by atoms with van der Waals surface area (Å²) < 4.78 is 0. The van der Waals surface area contributed by atoms with E-state index in [-0.39, 0.29) is 5.11 Å². The van der Waals surface area contributed by atoms with Crippen LogP contribution >= 0.6 is 35.4 Å². The largest absolute Gasteiger partial charge is 0.375 e. The van der Waals surface area contributed by atoms with E-state index >= 15 is 0 Å². The molecule has 8 heteroatoms. The Balaban J connectivity index is 2.73. The zero-order valence-electron chi connectivity index (χ0n) is 9.98. The van der Waals surface area contributed by atoms with Gasteiger partial charge in [-0.2, -0.15) is 5.10 Å². The summed E-state index contributed by atoms with van der Waals surface area (Å²) in [6.45, 7) is 1.80. The van der Waals surface area contributed by atoms with Gasteiger partial charge in [-0.15, -0.1) is 0 Å². The summed E-state index contributed by atoms with van der Waals surface area (Å²) in [5.74, 6) is -0.475. The van der Waals surface area contributed by atoms with Gasteiger partial charge in [0.15, 0.2) is 9.95 Å². The third-order valence-electron chi connectivity index (χ3n) is 2.10. The Morgan fingerprint density at radius 3 is 2.42 bits per heavy atom. The molecule has 1 amide bonds. The van der Waals surface area contributed by atoms with E-state index in [1.165, 1.54) is 0 Å². The third-order valence-corrected chi connectivity index (χ3v) is 2.59. The second-order valence-electron chi connectivity index (χ2n) is 3.54. The molecule has 1 aromatic carbocycles. The fraction of sp³-hybridized carbons (Fsp3) is 0.182. The number of carbonyl (C=O) groups excluding carboxylic acids is 1. The van der Waals surface area contributed by atoms with Crippen molar-refractivity contribution in [2.24, 2.45) is 10.8 Å². The number of rotatable bonds is 4. The molecule has 0 bridgehead atoms. The molecule has 102 valence electrons. The van der Waals surface area contributed by atoms with Crippen LogP contribution < -0.4 is 16.5 Å². The van der Waals surface area contributed by atoms with E-state index < -0.39 is 10.7 Å². The summed E-state index contributed by atoms with van der Waals surface area (Å²) in [5.41, 5.74) is 9.92. The van der Waals surface area contributed by atoms with Crippen molar-refractivity contribution in [2.75, 3.05) is 5.32 Å². The number of alkyl halides is 2. The number of hydrogen-bond acceptors (Lipinski definition) is 3. The fourth-order valence-electron chi connectivity index (χ4n) is 1.20. The van der Waals surface area contributed by atoms with Gasteiger partial charge in [-0.3, -0.25) is 10.2 Å². The number of nitrogens with two attached hydrogens (primary N) is 1. The van der Waals surface area contributed by atoms with Gasteiger partial charge in [0.1, 0.15) is 0 Å². The Morgan fingerprint density at radius 2 is 1.95 bits per heavy atom. The number of hydrogen-bond donors (Lipinski definition) is 3. The van der Waals surface area contributed by atoms with Crippen LogP contribution in [-0.2, 0) is 4.79 Å². The molecule has 5 nitrogen and oxygen atoms in total. The minimum Gasteiger partial charge on any atom is -0.375 e. The lowest BCUT2D eigenvalue weighted by Gasteiger charge is -2.07. The lowest BCUT2D eigenvalue weighted by Crippen LogP contribution is -2.25. The van der Waals surface area contributed by atoms with Crippen LogP contribution in [0.2, 0.25) is 0 Å². The molecule has 0 atom stereocenters. The van der Waals surface area contributed by atoms with Crippen LogP contribution in [0.1, 0.15) is 12.5 Å². The first kappa shape index (κ1) is 15.7. The van der Waals surface area contributed by atoms with Crippen molar-refractivity contribution in [1.29, 1.82) is 0 Å². The minimum atomic E-state index is -1.10. The van der Waals surface area contributed by atoms with E-state index in [4.69, 9.17) is 28.9 Å². The molecule has 1 rings (SSSR count). The molecular formula is C11H12Cl2N4OS. The molecule has 0 aliphatic carbocycles. The molecule has 0 radical (unpaired) electrons. The van der Waals surface area contributed by atoms with Gasteiger partial charge < -0.3 is 11.1 Å². The van der Waals surface area contributed by atoms with Crippen molar-refractivity contribution in [1.82, 2.24) is 5.43 Å². The van der Waals surface area contributed by atoms with Gasteiger partial charge >= 0.3 is 0 Å². The van der Waals surface area contributed by atoms with Crippen LogP contribution in [0.15, 0.2) is 29.4 Å². The number of carbonyl (C=O) groups is 1. The van der Waals surface area contributed by atoms with Crippen molar-refractivity contribution in [3.63, 3.8) is 0 Å². The summed E-state index contributed by atoms with van der Waals surface area (Å²) in [6, 6.07) is 6.99. The number of halogens is 2. The van der Waals surface area contributed by atoms with Gasteiger partial charge in [-0.25, -0.2) is 0 Å². The third kappa shape index (κ3) is 5.42. The van der Waals surface area contributed by atoms with E-state index in [0.717, 1.165) is 5.56 Å². The highest BCUT2D eigenvalue weighted by Crippen LogP contribution is 2.12. The second kappa shape index (κ2) is 7.28. The summed E-state index contributed by atoms with van der Waals surface area (Å²) in [5, 5.41) is 6.64. The quantitative estimate of drug-likeness (QED) is 0.343. The zero-order chi connectivity index (χ0) is 14.4. The first-order valence-corrected chi connectivity index (χ1v) is 6.47. The maximum Gasteiger partial charge on any atom is 0.257 e. The van der Waals surface area contributed by atoms with Crippen LogP contribution in [0.3, 0.4) is 0 Å². The molecule has 0 aliphatic rings. The van der Waals surface area contributed by atoms with Gasteiger partial charge in [-0.1, -0.05) is 35.3 Å². The smallest absolute Gasteiger partial charge is 0.257 e. The van der Waals surface area contributed by atoms with E-state index in [1.807, 2.05) is 0 Å². The number of amides is 1. The standard InChI is InChI=1S/C11H12Cl2N4OS/c1-6(16-17-11(14)19)7-2-4-8(5-3-7)15-10(18)9(12)13/h2-5,9H,1H3,(H,15,18)(H3,14,17,19)/b16-6+. The minimum absolute atomic E-state index is 0.0958. The Hall–Kier alpha value is -1.37. The Labute approximate surface area is 126 Å². The highest BCUT2D eigenvalue weighted by Gasteiger charge is 2.11. The predicted molar refractivity (Wildman–Crippen MR) is 82.7 cm³/mol. The first-order chi connectivity index (χ1) is 8.90. The van der Waals surface area contributed by atoms with E-state index in [0.29, 0.717) is 11.4 Å². The van der Waals surface area contributed by atoms with Crippen molar-refractivity contribution in [3.8, 4) is 0 Å². The summed E-state index contributed by atoms with van der Waals surface area (Å²) in [4.78, 5) is 10.2. The Morgan fingerprint density at radius 1 is 1.37 bits per heavy atom. The van der Waals surface area contributed by atoms with Crippen LogP contribution in [0.5, 0.6) is 0 Å². The molecule has 19 heavy (non-hydrogen) atoms. The average Bonchev–Trinajstić information content (AvgIpc) is 2.36. The number of nitrogens with one attached hydrogen (secondary N) is 2. The van der Waals surface area contributed by atoms with E-state index in [1.54, 1.807) is 31.2 Å². The monoisotopic (exact) mass is 318 g/mol. The van der Waals surface area contributed by atoms with Crippen molar-refractivity contribution >= 4 is 57.8 Å². The van der Waals surface area contributed by atoms with Gasteiger partial charge in [-0.05, 0) is 36.8 Å². The molecule has 1 aromatic rings. The molecule has 0 heterocycles. The topological polar surface area (TPSA) is 79.5 Å². The molecule has 0 fully saturated rings. The lowest BCUT2D eigenvalue weighted by molar-refractivity contribution is -0.114. The van der Waals surface area contributed by atoms with Crippen LogP contribution in [0.4, 0.5) is 5.69 Å². The SMILES string of the molecule is C/C(=N\NC(N)=S)c1ccc(NC(=O)C(Cl)Cl)cc1. The number of nitrogens with zero attached hydrogens (tertiary/aromatic N) is 1. The first-order valence-electron chi connectivity index (χ1n) is 5.19. The van der Waals surface area contributed by atoms with Crippen molar-refractivity contribution in [2.45, 2.75) is 11.8 Å². The highest BCUT2D eigenvalue weighted by molar-refractivity contribution is 7.80. The molecule has 0 saturated carbocycles. The van der Waals surface area contributed by atoms with E-state index in [9.17, 15) is 4.79 Å². The maximum atomic E-state index is 11.3. The van der Waals surface area contributed by atoms with Crippen LogP contribution in [0, 0.1) is 0 Å². The molecule has 0 aromatic heterocycles. The van der Waals surface area contributed by atoms with E-state index in [2.05, 4.69) is 28.1 Å². The average molecular weight is 319 g/mol. The molecule has 4 N–H and O–H groups in total. The summed E-state index contributed by atoms with van der Waals surface area (Å²) >= 11 is 15.5. The number of anilines is 1.